The topological polar surface area (TPSA) is 43.2 Å². The molecule has 1 aromatic carbocycles. The number of hydrogen-bond acceptors (Lipinski definition) is 4. The maximum absolute atomic E-state index is 8.97. The SMILES string of the molecule is N#Cc1ccc(N2CCN(c3ccccn3)CC2)cc1Br. The molecule has 106 valence electrons. The zero-order valence-corrected chi connectivity index (χ0v) is 13.1. The third kappa shape index (κ3) is 3.01. The van der Waals surface area contributed by atoms with Gasteiger partial charge in [-0.25, -0.2) is 4.98 Å². The van der Waals surface area contributed by atoms with E-state index in [0.717, 1.165) is 42.2 Å². The summed E-state index contributed by atoms with van der Waals surface area (Å²) in [7, 11) is 0. The van der Waals surface area contributed by atoms with Crippen molar-refractivity contribution in [2.75, 3.05) is 36.0 Å². The van der Waals surface area contributed by atoms with Gasteiger partial charge in [-0.05, 0) is 46.3 Å². The predicted molar refractivity (Wildman–Crippen MR) is 87.5 cm³/mol. The van der Waals surface area contributed by atoms with Crippen molar-refractivity contribution in [3.8, 4) is 6.07 Å². The van der Waals surface area contributed by atoms with Gasteiger partial charge in [-0.15, -0.1) is 0 Å². The number of anilines is 2. The number of piperazine rings is 1. The van der Waals surface area contributed by atoms with Crippen LogP contribution in [0.1, 0.15) is 5.56 Å². The van der Waals surface area contributed by atoms with Crippen LogP contribution in [0.25, 0.3) is 0 Å². The lowest BCUT2D eigenvalue weighted by molar-refractivity contribution is 0.647. The molecule has 1 aromatic heterocycles. The number of rotatable bonds is 2. The van der Waals surface area contributed by atoms with Crippen molar-refractivity contribution < 1.29 is 0 Å². The maximum Gasteiger partial charge on any atom is 0.128 e. The molecule has 0 saturated carbocycles. The van der Waals surface area contributed by atoms with E-state index in [1.807, 2.05) is 42.6 Å². The van der Waals surface area contributed by atoms with Gasteiger partial charge in [0.15, 0.2) is 0 Å². The van der Waals surface area contributed by atoms with Crippen LogP contribution in [-0.2, 0) is 0 Å². The molecule has 21 heavy (non-hydrogen) atoms. The Labute approximate surface area is 132 Å². The van der Waals surface area contributed by atoms with Crippen LogP contribution in [0.5, 0.6) is 0 Å². The molecule has 0 aliphatic carbocycles. The number of aromatic nitrogens is 1. The number of benzene rings is 1. The number of hydrogen-bond donors (Lipinski definition) is 0. The summed E-state index contributed by atoms with van der Waals surface area (Å²) < 4.78 is 0.856. The smallest absolute Gasteiger partial charge is 0.128 e. The van der Waals surface area contributed by atoms with E-state index >= 15 is 0 Å². The van der Waals surface area contributed by atoms with Crippen molar-refractivity contribution in [3.05, 3.63) is 52.6 Å². The zero-order chi connectivity index (χ0) is 14.7. The van der Waals surface area contributed by atoms with E-state index in [0.29, 0.717) is 5.56 Å². The van der Waals surface area contributed by atoms with Crippen molar-refractivity contribution in [1.29, 1.82) is 5.26 Å². The number of nitrogens with zero attached hydrogens (tertiary/aromatic N) is 4. The van der Waals surface area contributed by atoms with Gasteiger partial charge in [0.1, 0.15) is 11.9 Å². The normalized spacial score (nSPS) is 14.9. The van der Waals surface area contributed by atoms with Crippen LogP contribution >= 0.6 is 15.9 Å². The van der Waals surface area contributed by atoms with Crippen molar-refractivity contribution >= 4 is 27.4 Å². The second kappa shape index (κ2) is 6.15. The van der Waals surface area contributed by atoms with Crippen LogP contribution < -0.4 is 9.80 Å². The Balaban J connectivity index is 1.69. The molecule has 0 atom stereocenters. The molecule has 0 bridgehead atoms. The van der Waals surface area contributed by atoms with Crippen LogP contribution in [-0.4, -0.2) is 31.2 Å². The van der Waals surface area contributed by atoms with Crippen molar-refractivity contribution in [2.45, 2.75) is 0 Å². The Morgan fingerprint density at radius 2 is 1.81 bits per heavy atom. The zero-order valence-electron chi connectivity index (χ0n) is 11.5. The quantitative estimate of drug-likeness (QED) is 0.841. The Hall–Kier alpha value is -2.06. The molecule has 2 aromatic rings. The first-order chi connectivity index (χ1) is 10.3. The minimum Gasteiger partial charge on any atom is -0.368 e. The molecule has 0 unspecified atom stereocenters. The second-order valence-electron chi connectivity index (χ2n) is 4.94. The van der Waals surface area contributed by atoms with Crippen molar-refractivity contribution in [3.63, 3.8) is 0 Å². The van der Waals surface area contributed by atoms with Crippen LogP contribution in [0.4, 0.5) is 11.5 Å². The first-order valence-electron chi connectivity index (χ1n) is 6.88. The van der Waals surface area contributed by atoms with E-state index in [1.165, 1.54) is 0 Å². The summed E-state index contributed by atoms with van der Waals surface area (Å²) >= 11 is 3.45. The van der Waals surface area contributed by atoms with Gasteiger partial charge in [-0.2, -0.15) is 5.26 Å². The first kappa shape index (κ1) is 13.9. The summed E-state index contributed by atoms with van der Waals surface area (Å²) in [4.78, 5) is 9.04. The van der Waals surface area contributed by atoms with Gasteiger partial charge in [0.2, 0.25) is 0 Å². The Morgan fingerprint density at radius 3 is 2.43 bits per heavy atom. The average molecular weight is 343 g/mol. The van der Waals surface area contributed by atoms with Gasteiger partial charge in [0.05, 0.1) is 5.56 Å². The van der Waals surface area contributed by atoms with Crippen LogP contribution in [0.15, 0.2) is 47.1 Å². The van der Waals surface area contributed by atoms with Gasteiger partial charge in [-0.1, -0.05) is 6.07 Å². The Bertz CT molecular complexity index is 658. The molecule has 0 radical (unpaired) electrons. The minimum absolute atomic E-state index is 0.672. The molecule has 4 nitrogen and oxygen atoms in total. The highest BCUT2D eigenvalue weighted by Gasteiger charge is 2.18. The molecule has 1 fully saturated rings. The highest BCUT2D eigenvalue weighted by atomic mass is 79.9. The molecular weight excluding hydrogens is 328 g/mol. The van der Waals surface area contributed by atoms with E-state index in [4.69, 9.17) is 5.26 Å². The largest absolute Gasteiger partial charge is 0.368 e. The van der Waals surface area contributed by atoms with Gasteiger partial charge in [0.25, 0.3) is 0 Å². The third-order valence-corrected chi connectivity index (χ3v) is 4.35. The summed E-state index contributed by atoms with van der Waals surface area (Å²) in [6.07, 6.45) is 1.83. The molecule has 0 spiro atoms. The summed E-state index contributed by atoms with van der Waals surface area (Å²) in [5, 5.41) is 8.97. The minimum atomic E-state index is 0.672. The van der Waals surface area contributed by atoms with E-state index in [2.05, 4.69) is 36.8 Å². The van der Waals surface area contributed by atoms with Gasteiger partial charge in [-0.3, -0.25) is 0 Å². The molecule has 1 aliphatic rings. The second-order valence-corrected chi connectivity index (χ2v) is 5.79. The lowest BCUT2D eigenvalue weighted by Crippen LogP contribution is -2.46. The molecule has 1 saturated heterocycles. The summed E-state index contributed by atoms with van der Waals surface area (Å²) in [5.74, 6) is 1.04. The first-order valence-corrected chi connectivity index (χ1v) is 7.68. The fraction of sp³-hybridized carbons (Fsp3) is 0.250. The molecule has 2 heterocycles. The summed E-state index contributed by atoms with van der Waals surface area (Å²) in [6, 6.07) is 14.1. The lowest BCUT2D eigenvalue weighted by Gasteiger charge is -2.36. The fourth-order valence-electron chi connectivity index (χ4n) is 2.53. The molecule has 0 amide bonds. The van der Waals surface area contributed by atoms with Crippen LogP contribution in [0.3, 0.4) is 0 Å². The molecule has 5 heteroatoms. The standard InChI is InChI=1S/C16H15BrN4/c17-15-11-14(5-4-13(15)12-18)20-7-9-21(10-8-20)16-3-1-2-6-19-16/h1-6,11H,7-10H2. The van der Waals surface area contributed by atoms with Gasteiger partial charge in [0, 0.05) is 42.5 Å². The fourth-order valence-corrected chi connectivity index (χ4v) is 2.98. The molecular formula is C16H15BrN4. The lowest BCUT2D eigenvalue weighted by atomic mass is 10.2. The Kier molecular flexibility index (Phi) is 4.07. The van der Waals surface area contributed by atoms with Crippen LogP contribution in [0.2, 0.25) is 0 Å². The van der Waals surface area contributed by atoms with Gasteiger partial charge >= 0.3 is 0 Å². The number of nitriles is 1. The Morgan fingerprint density at radius 1 is 1.05 bits per heavy atom. The molecule has 0 N–H and O–H groups in total. The maximum atomic E-state index is 8.97. The number of pyridine rings is 1. The van der Waals surface area contributed by atoms with Gasteiger partial charge < -0.3 is 9.80 Å². The van der Waals surface area contributed by atoms with E-state index in [9.17, 15) is 0 Å². The number of halogens is 1. The van der Waals surface area contributed by atoms with Crippen LogP contribution in [0, 0.1) is 11.3 Å². The highest BCUT2D eigenvalue weighted by molar-refractivity contribution is 9.10. The van der Waals surface area contributed by atoms with E-state index < -0.39 is 0 Å². The van der Waals surface area contributed by atoms with E-state index in [1.54, 1.807) is 0 Å². The average Bonchev–Trinajstić information content (AvgIpc) is 2.56. The van der Waals surface area contributed by atoms with Crippen molar-refractivity contribution in [2.24, 2.45) is 0 Å². The molecule has 1 aliphatic heterocycles. The predicted octanol–water partition coefficient (Wildman–Crippen LogP) is 3.04. The summed E-state index contributed by atoms with van der Waals surface area (Å²) in [6.45, 7) is 3.81. The van der Waals surface area contributed by atoms with E-state index in [-0.39, 0.29) is 0 Å². The highest BCUT2D eigenvalue weighted by Crippen LogP contribution is 2.25. The summed E-state index contributed by atoms with van der Waals surface area (Å²) in [5.41, 5.74) is 1.83. The van der Waals surface area contributed by atoms with Crippen molar-refractivity contribution in [1.82, 2.24) is 4.98 Å². The molecule has 3 rings (SSSR count). The monoisotopic (exact) mass is 342 g/mol. The third-order valence-electron chi connectivity index (χ3n) is 3.69.